The van der Waals surface area contributed by atoms with Crippen LogP contribution in [0.1, 0.15) is 36.5 Å². The molecule has 3 nitrogen and oxygen atoms in total. The number of benzene rings is 1. The van der Waals surface area contributed by atoms with Gasteiger partial charge in [0, 0.05) is 5.56 Å². The highest BCUT2D eigenvalue weighted by Gasteiger charge is 2.14. The Kier molecular flexibility index (Phi) is 3.35. The van der Waals surface area contributed by atoms with Crippen LogP contribution >= 0.6 is 0 Å². The van der Waals surface area contributed by atoms with E-state index < -0.39 is 5.97 Å². The van der Waals surface area contributed by atoms with Crippen molar-refractivity contribution in [3.8, 4) is 5.75 Å². The maximum absolute atomic E-state index is 10.6. The van der Waals surface area contributed by atoms with Gasteiger partial charge in [0.05, 0.1) is 6.42 Å². The average molecular weight is 208 g/mol. The van der Waals surface area contributed by atoms with Gasteiger partial charge in [-0.05, 0) is 24.0 Å². The predicted molar refractivity (Wildman–Crippen MR) is 58.3 cm³/mol. The third-order valence-electron chi connectivity index (χ3n) is 2.50. The van der Waals surface area contributed by atoms with Crippen molar-refractivity contribution in [2.75, 3.05) is 0 Å². The first-order valence-corrected chi connectivity index (χ1v) is 4.96. The molecule has 0 fully saturated rings. The topological polar surface area (TPSA) is 57.5 Å². The van der Waals surface area contributed by atoms with Gasteiger partial charge in [-0.2, -0.15) is 0 Å². The van der Waals surface area contributed by atoms with Crippen LogP contribution in [0, 0.1) is 6.92 Å². The Balaban J connectivity index is 3.23. The minimum Gasteiger partial charge on any atom is -0.507 e. The molecule has 0 aliphatic heterocycles. The zero-order valence-electron chi connectivity index (χ0n) is 9.24. The number of phenolic OH excluding ortho intramolecular Hbond substituents is 1. The maximum Gasteiger partial charge on any atom is 0.307 e. The van der Waals surface area contributed by atoms with Crippen LogP contribution in [0.15, 0.2) is 12.1 Å². The fraction of sp³-hybridized carbons (Fsp3) is 0.417. The summed E-state index contributed by atoms with van der Waals surface area (Å²) in [6.07, 6.45) is -0.127. The lowest BCUT2D eigenvalue weighted by atomic mass is 9.94. The van der Waals surface area contributed by atoms with E-state index in [9.17, 15) is 9.90 Å². The van der Waals surface area contributed by atoms with E-state index in [1.807, 2.05) is 32.9 Å². The second-order valence-corrected chi connectivity index (χ2v) is 4.02. The number of phenols is 1. The lowest BCUT2D eigenvalue weighted by molar-refractivity contribution is -0.136. The van der Waals surface area contributed by atoms with Crippen molar-refractivity contribution in [1.82, 2.24) is 0 Å². The van der Waals surface area contributed by atoms with E-state index in [-0.39, 0.29) is 18.1 Å². The molecule has 1 aromatic rings. The Morgan fingerprint density at radius 2 is 2.00 bits per heavy atom. The molecule has 0 radical (unpaired) electrons. The monoisotopic (exact) mass is 208 g/mol. The molecule has 1 rings (SSSR count). The second kappa shape index (κ2) is 4.34. The summed E-state index contributed by atoms with van der Waals surface area (Å²) in [6.45, 7) is 5.74. The van der Waals surface area contributed by atoms with Crippen LogP contribution in [-0.2, 0) is 11.2 Å². The standard InChI is InChI=1S/C12H16O3/c1-7(2)9-5-4-8(3)10(12(9)15)6-11(13)14/h4-5,7,15H,6H2,1-3H3,(H,13,14). The highest BCUT2D eigenvalue weighted by Crippen LogP contribution is 2.31. The Hall–Kier alpha value is -1.51. The normalized spacial score (nSPS) is 10.7. The van der Waals surface area contributed by atoms with Crippen LogP contribution in [0.3, 0.4) is 0 Å². The first kappa shape index (κ1) is 11.6. The SMILES string of the molecule is Cc1ccc(C(C)C)c(O)c1CC(=O)O. The number of carbonyl (C=O) groups is 1. The Morgan fingerprint density at radius 1 is 1.40 bits per heavy atom. The van der Waals surface area contributed by atoms with Gasteiger partial charge in [-0.25, -0.2) is 0 Å². The smallest absolute Gasteiger partial charge is 0.307 e. The number of rotatable bonds is 3. The summed E-state index contributed by atoms with van der Waals surface area (Å²) < 4.78 is 0. The zero-order valence-corrected chi connectivity index (χ0v) is 9.24. The molecule has 0 aromatic heterocycles. The second-order valence-electron chi connectivity index (χ2n) is 4.02. The lowest BCUT2D eigenvalue weighted by Crippen LogP contribution is -2.04. The van der Waals surface area contributed by atoms with E-state index >= 15 is 0 Å². The van der Waals surface area contributed by atoms with Gasteiger partial charge in [-0.3, -0.25) is 4.79 Å². The molecule has 0 amide bonds. The molecule has 1 aromatic carbocycles. The number of aliphatic carboxylic acids is 1. The van der Waals surface area contributed by atoms with E-state index in [0.29, 0.717) is 5.56 Å². The first-order valence-electron chi connectivity index (χ1n) is 4.96. The van der Waals surface area contributed by atoms with Crippen molar-refractivity contribution in [1.29, 1.82) is 0 Å². The number of aromatic hydroxyl groups is 1. The molecule has 0 aliphatic carbocycles. The fourth-order valence-electron chi connectivity index (χ4n) is 1.60. The molecule has 3 heteroatoms. The predicted octanol–water partition coefficient (Wildman–Crippen LogP) is 2.45. The first-order chi connectivity index (χ1) is 6.93. The summed E-state index contributed by atoms with van der Waals surface area (Å²) >= 11 is 0. The van der Waals surface area contributed by atoms with E-state index in [1.165, 1.54) is 0 Å². The molecule has 82 valence electrons. The summed E-state index contributed by atoms with van der Waals surface area (Å²) in [6, 6.07) is 3.70. The molecule has 0 unspecified atom stereocenters. The van der Waals surface area contributed by atoms with Gasteiger partial charge in [-0.15, -0.1) is 0 Å². The van der Waals surface area contributed by atoms with Crippen LogP contribution < -0.4 is 0 Å². The van der Waals surface area contributed by atoms with Crippen molar-refractivity contribution >= 4 is 5.97 Å². The highest BCUT2D eigenvalue weighted by atomic mass is 16.4. The molecule has 0 saturated heterocycles. The summed E-state index contributed by atoms with van der Waals surface area (Å²) in [5, 5.41) is 18.7. The molecule has 0 aliphatic rings. The molecule has 0 bridgehead atoms. The third kappa shape index (κ3) is 2.49. The van der Waals surface area contributed by atoms with Gasteiger partial charge in [0.25, 0.3) is 0 Å². The molecule has 0 spiro atoms. The fourth-order valence-corrected chi connectivity index (χ4v) is 1.60. The Morgan fingerprint density at radius 3 is 2.47 bits per heavy atom. The van der Waals surface area contributed by atoms with Crippen molar-refractivity contribution in [3.05, 3.63) is 28.8 Å². The van der Waals surface area contributed by atoms with E-state index in [2.05, 4.69) is 0 Å². The summed E-state index contributed by atoms with van der Waals surface area (Å²) in [5.74, 6) is -0.597. The number of carboxylic acid groups (broad SMARTS) is 1. The van der Waals surface area contributed by atoms with Crippen LogP contribution in [0.4, 0.5) is 0 Å². The van der Waals surface area contributed by atoms with Gasteiger partial charge in [-0.1, -0.05) is 26.0 Å². The molecular formula is C12H16O3. The summed E-state index contributed by atoms with van der Waals surface area (Å²) in [4.78, 5) is 10.6. The Bertz CT molecular complexity index is 381. The largest absolute Gasteiger partial charge is 0.507 e. The van der Waals surface area contributed by atoms with Crippen LogP contribution in [-0.4, -0.2) is 16.2 Å². The maximum atomic E-state index is 10.6. The van der Waals surface area contributed by atoms with Gasteiger partial charge >= 0.3 is 5.97 Å². The van der Waals surface area contributed by atoms with E-state index in [4.69, 9.17) is 5.11 Å². The van der Waals surface area contributed by atoms with Gasteiger partial charge in [0.1, 0.15) is 5.75 Å². The number of hydrogen-bond acceptors (Lipinski definition) is 2. The van der Waals surface area contributed by atoms with Gasteiger partial charge in [0.2, 0.25) is 0 Å². The number of hydrogen-bond donors (Lipinski definition) is 2. The third-order valence-corrected chi connectivity index (χ3v) is 2.50. The quantitative estimate of drug-likeness (QED) is 0.802. The van der Waals surface area contributed by atoms with Crippen molar-refractivity contribution in [2.45, 2.75) is 33.1 Å². The summed E-state index contributed by atoms with van der Waals surface area (Å²) in [5.41, 5.74) is 2.14. The zero-order chi connectivity index (χ0) is 11.6. The molecule has 0 atom stereocenters. The minimum atomic E-state index is -0.922. The van der Waals surface area contributed by atoms with Crippen LogP contribution in [0.5, 0.6) is 5.75 Å². The van der Waals surface area contributed by atoms with Crippen LogP contribution in [0.2, 0.25) is 0 Å². The molecule has 0 heterocycles. The number of aryl methyl sites for hydroxylation is 1. The van der Waals surface area contributed by atoms with Crippen molar-refractivity contribution < 1.29 is 15.0 Å². The lowest BCUT2D eigenvalue weighted by Gasteiger charge is -2.13. The highest BCUT2D eigenvalue weighted by molar-refractivity contribution is 5.72. The van der Waals surface area contributed by atoms with Crippen molar-refractivity contribution in [3.63, 3.8) is 0 Å². The van der Waals surface area contributed by atoms with Gasteiger partial charge < -0.3 is 10.2 Å². The Labute approximate surface area is 89.4 Å². The average Bonchev–Trinajstić information content (AvgIpc) is 2.11. The molecule has 0 saturated carbocycles. The molecular weight excluding hydrogens is 192 g/mol. The van der Waals surface area contributed by atoms with Crippen LogP contribution in [0.25, 0.3) is 0 Å². The minimum absolute atomic E-state index is 0.127. The molecule has 15 heavy (non-hydrogen) atoms. The van der Waals surface area contributed by atoms with E-state index in [0.717, 1.165) is 11.1 Å². The number of carboxylic acids is 1. The summed E-state index contributed by atoms with van der Waals surface area (Å²) in [7, 11) is 0. The van der Waals surface area contributed by atoms with Gasteiger partial charge in [0.15, 0.2) is 0 Å². The van der Waals surface area contributed by atoms with Crippen molar-refractivity contribution in [2.24, 2.45) is 0 Å². The molecule has 2 N–H and O–H groups in total. The van der Waals surface area contributed by atoms with E-state index in [1.54, 1.807) is 0 Å².